The van der Waals surface area contributed by atoms with Crippen LogP contribution in [-0.2, 0) is 17.3 Å². The molecule has 1 aliphatic carbocycles. The predicted molar refractivity (Wildman–Crippen MR) is 136 cm³/mol. The Labute approximate surface area is 188 Å². The van der Waals surface area contributed by atoms with E-state index in [0.717, 1.165) is 18.8 Å². The maximum Gasteiger partial charge on any atom is -0.0129 e. The molecule has 170 valence electrons. The zero-order valence-corrected chi connectivity index (χ0v) is 22.2. The Morgan fingerprint density at radius 2 is 1.33 bits per heavy atom. The number of benzene rings is 1. The molecule has 0 amide bonds. The fourth-order valence-corrected chi connectivity index (χ4v) is 6.53. The van der Waals surface area contributed by atoms with E-state index in [-0.39, 0.29) is 10.8 Å². The molecule has 30 heavy (non-hydrogen) atoms. The van der Waals surface area contributed by atoms with Crippen molar-refractivity contribution in [2.45, 2.75) is 126 Å². The zero-order valence-electron chi connectivity index (χ0n) is 22.2. The van der Waals surface area contributed by atoms with Gasteiger partial charge in [0.15, 0.2) is 0 Å². The summed E-state index contributed by atoms with van der Waals surface area (Å²) in [5.74, 6) is 0.796. The zero-order chi connectivity index (χ0) is 23.1. The third-order valence-electron chi connectivity index (χ3n) is 7.07. The number of hydrogen-bond donors (Lipinski definition) is 0. The van der Waals surface area contributed by atoms with Crippen LogP contribution in [0.1, 0.15) is 124 Å². The maximum atomic E-state index is 4.52. The molecule has 0 atom stereocenters. The molecule has 1 aromatic rings. The predicted octanol–water partition coefficient (Wildman–Crippen LogP) is 9.32. The van der Waals surface area contributed by atoms with Gasteiger partial charge in [0.25, 0.3) is 0 Å². The molecule has 2 rings (SSSR count). The van der Waals surface area contributed by atoms with E-state index in [1.807, 2.05) is 0 Å². The Morgan fingerprint density at radius 1 is 0.900 bits per heavy atom. The van der Waals surface area contributed by atoms with Crippen molar-refractivity contribution in [2.24, 2.45) is 16.7 Å². The molecule has 0 heteroatoms. The van der Waals surface area contributed by atoms with Crippen molar-refractivity contribution in [1.29, 1.82) is 0 Å². The van der Waals surface area contributed by atoms with Crippen LogP contribution in [0.4, 0.5) is 0 Å². The monoisotopic (exact) mass is 410 g/mol. The molecule has 1 aliphatic rings. The maximum absolute atomic E-state index is 4.52. The van der Waals surface area contributed by atoms with Crippen molar-refractivity contribution in [1.82, 2.24) is 0 Å². The van der Waals surface area contributed by atoms with Gasteiger partial charge in [0.2, 0.25) is 0 Å². The summed E-state index contributed by atoms with van der Waals surface area (Å²) in [5, 5.41) is 0. The Hall–Kier alpha value is -1.04. The minimum atomic E-state index is 0.177. The number of hydrogen-bond acceptors (Lipinski definition) is 0. The van der Waals surface area contributed by atoms with Gasteiger partial charge in [-0.1, -0.05) is 93.5 Å². The van der Waals surface area contributed by atoms with Gasteiger partial charge in [-0.15, -0.1) is 0 Å². The summed E-state index contributed by atoms with van der Waals surface area (Å²) >= 11 is 0. The molecular formula is C30H50. The average Bonchev–Trinajstić information content (AvgIpc) is 2.48. The third kappa shape index (κ3) is 6.73. The van der Waals surface area contributed by atoms with Crippen molar-refractivity contribution in [3.8, 4) is 0 Å². The largest absolute Gasteiger partial charge is 0.0998 e. The van der Waals surface area contributed by atoms with Crippen LogP contribution in [0.2, 0.25) is 0 Å². The Morgan fingerprint density at radius 3 is 1.73 bits per heavy atom. The highest BCUT2D eigenvalue weighted by Gasteiger charge is 2.38. The van der Waals surface area contributed by atoms with Crippen molar-refractivity contribution in [2.75, 3.05) is 0 Å². The van der Waals surface area contributed by atoms with Crippen LogP contribution in [0.3, 0.4) is 0 Å². The summed E-state index contributed by atoms with van der Waals surface area (Å²) in [7, 11) is 0. The fourth-order valence-electron chi connectivity index (χ4n) is 6.53. The lowest BCUT2D eigenvalue weighted by Crippen LogP contribution is -2.34. The molecule has 0 heterocycles. The van der Waals surface area contributed by atoms with Crippen molar-refractivity contribution >= 4 is 0 Å². The lowest BCUT2D eigenvalue weighted by molar-refractivity contribution is 0.0675. The van der Waals surface area contributed by atoms with Crippen molar-refractivity contribution in [3.05, 3.63) is 46.5 Å². The Kier molecular flexibility index (Phi) is 7.13. The first-order chi connectivity index (χ1) is 13.4. The van der Waals surface area contributed by atoms with Crippen LogP contribution >= 0.6 is 0 Å². The second-order valence-corrected chi connectivity index (χ2v) is 14.0. The molecule has 0 saturated heterocycles. The van der Waals surface area contributed by atoms with Gasteiger partial charge < -0.3 is 0 Å². The van der Waals surface area contributed by atoms with Crippen LogP contribution in [-0.4, -0.2) is 0 Å². The molecule has 0 aromatic heterocycles. The summed E-state index contributed by atoms with van der Waals surface area (Å²) in [5.41, 5.74) is 8.71. The smallest absolute Gasteiger partial charge is 0.0129 e. The van der Waals surface area contributed by atoms with Crippen molar-refractivity contribution < 1.29 is 0 Å². The molecule has 1 saturated carbocycles. The van der Waals surface area contributed by atoms with Gasteiger partial charge in [0.05, 0.1) is 0 Å². The Balaban J connectivity index is 2.14. The van der Waals surface area contributed by atoms with Crippen LogP contribution in [0.15, 0.2) is 24.3 Å². The second-order valence-electron chi connectivity index (χ2n) is 14.0. The fraction of sp³-hybridized carbons (Fsp3) is 0.733. The van der Waals surface area contributed by atoms with Crippen LogP contribution in [0.25, 0.3) is 0 Å². The van der Waals surface area contributed by atoms with E-state index < -0.39 is 0 Å². The van der Waals surface area contributed by atoms with Gasteiger partial charge in [0.1, 0.15) is 0 Å². The summed E-state index contributed by atoms with van der Waals surface area (Å²) in [4.78, 5) is 0. The highest BCUT2D eigenvalue weighted by Crippen LogP contribution is 2.50. The van der Waals surface area contributed by atoms with E-state index in [1.54, 1.807) is 0 Å². The van der Waals surface area contributed by atoms with Gasteiger partial charge in [-0.3, -0.25) is 0 Å². The molecule has 0 radical (unpaired) electrons. The lowest BCUT2D eigenvalue weighted by atomic mass is 9.60. The second kappa shape index (κ2) is 8.48. The van der Waals surface area contributed by atoms with Crippen molar-refractivity contribution in [3.63, 3.8) is 0 Å². The highest BCUT2D eigenvalue weighted by atomic mass is 14.4. The van der Waals surface area contributed by atoms with Gasteiger partial charge in [0, 0.05) is 0 Å². The SMILES string of the molecule is C=C(CCc1cc(C(C)(C)C)c(C)c(C(C)(C)C)c1)CC1CC(C)(C)CC(C)(C)C1. The third-order valence-corrected chi connectivity index (χ3v) is 7.07. The summed E-state index contributed by atoms with van der Waals surface area (Å²) < 4.78 is 0. The topological polar surface area (TPSA) is 0 Å². The van der Waals surface area contributed by atoms with E-state index in [9.17, 15) is 0 Å². The van der Waals surface area contributed by atoms with E-state index in [2.05, 4.69) is 94.9 Å². The lowest BCUT2D eigenvalue weighted by Gasteiger charge is -2.45. The molecule has 0 nitrogen and oxygen atoms in total. The molecular weight excluding hydrogens is 360 g/mol. The van der Waals surface area contributed by atoms with Crippen LogP contribution in [0, 0.1) is 23.7 Å². The first-order valence-electron chi connectivity index (χ1n) is 12.2. The average molecular weight is 411 g/mol. The van der Waals surface area contributed by atoms with Crippen LogP contribution < -0.4 is 0 Å². The molecule has 0 spiro atoms. The van der Waals surface area contributed by atoms with Gasteiger partial charge >= 0.3 is 0 Å². The first-order valence-corrected chi connectivity index (χ1v) is 12.2. The molecule has 1 fully saturated rings. The molecule has 0 aliphatic heterocycles. The van der Waals surface area contributed by atoms with Gasteiger partial charge in [-0.05, 0) is 95.3 Å². The van der Waals surface area contributed by atoms with E-state index in [1.165, 1.54) is 53.5 Å². The number of aryl methyl sites for hydroxylation is 1. The molecule has 0 N–H and O–H groups in total. The quantitative estimate of drug-likeness (QED) is 0.424. The number of allylic oxidation sites excluding steroid dienone is 1. The number of rotatable bonds is 5. The summed E-state index contributed by atoms with van der Waals surface area (Å²) in [6, 6.07) is 4.95. The molecule has 1 aromatic carbocycles. The minimum absolute atomic E-state index is 0.177. The minimum Gasteiger partial charge on any atom is -0.0998 e. The highest BCUT2D eigenvalue weighted by molar-refractivity contribution is 5.45. The normalized spacial score (nSPS) is 19.7. The standard InChI is InChI=1S/C30H50/c1-21(15-24-18-29(9,10)20-30(11,12)19-24)13-14-23-16-25(27(3,4)5)22(2)26(17-23)28(6,7)8/h16-17,24H,1,13-15,18-20H2,2-12H3. The van der Waals surface area contributed by atoms with E-state index in [0.29, 0.717) is 10.8 Å². The van der Waals surface area contributed by atoms with Gasteiger partial charge in [-0.25, -0.2) is 0 Å². The van der Waals surface area contributed by atoms with Crippen LogP contribution in [0.5, 0.6) is 0 Å². The molecule has 0 bridgehead atoms. The Bertz CT molecular complexity index is 707. The van der Waals surface area contributed by atoms with Gasteiger partial charge in [-0.2, -0.15) is 0 Å². The summed E-state index contributed by atoms with van der Waals surface area (Å²) in [6.45, 7) is 30.7. The van der Waals surface area contributed by atoms with E-state index >= 15 is 0 Å². The first kappa shape index (κ1) is 25.2. The molecule has 0 unspecified atom stereocenters. The van der Waals surface area contributed by atoms with E-state index in [4.69, 9.17) is 0 Å². The summed E-state index contributed by atoms with van der Waals surface area (Å²) in [6.07, 6.45) is 7.48.